The maximum Gasteiger partial charge on any atom is 0.408 e. The number of carbonyl (C=O) groups excluding carboxylic acids is 2. The van der Waals surface area contributed by atoms with Crippen LogP contribution in [0.1, 0.15) is 50.7 Å². The first-order valence-corrected chi connectivity index (χ1v) is 10.5. The third-order valence-corrected chi connectivity index (χ3v) is 6.04. The van der Waals surface area contributed by atoms with Gasteiger partial charge in [-0.2, -0.15) is 0 Å². The molecule has 1 unspecified atom stereocenters. The Morgan fingerprint density at radius 1 is 1.00 bits per heavy atom. The molecule has 2 aromatic rings. The number of hydrogen-bond donors (Lipinski definition) is 3. The number of hydrogen-bond acceptors (Lipinski definition) is 4. The topological polar surface area (TPSA) is 105 Å². The molecule has 3 N–H and O–H groups in total. The number of rotatable bonds is 8. The van der Waals surface area contributed by atoms with Gasteiger partial charge < -0.3 is 20.5 Å². The summed E-state index contributed by atoms with van der Waals surface area (Å²) in [6.45, 7) is 5.04. The predicted octanol–water partition coefficient (Wildman–Crippen LogP) is 3.67. The lowest BCUT2D eigenvalue weighted by Crippen LogP contribution is -2.60. The van der Waals surface area contributed by atoms with Gasteiger partial charge in [0.25, 0.3) is 0 Å². The van der Waals surface area contributed by atoms with Crippen LogP contribution in [0, 0.1) is 0 Å². The zero-order valence-electron chi connectivity index (χ0n) is 18.0. The summed E-state index contributed by atoms with van der Waals surface area (Å²) in [4.78, 5) is 36.5. The molecule has 0 bridgehead atoms. The van der Waals surface area contributed by atoms with Gasteiger partial charge in [0.1, 0.15) is 18.2 Å². The summed E-state index contributed by atoms with van der Waals surface area (Å²) < 4.78 is 5.56. The maximum atomic E-state index is 12.7. The second-order valence-corrected chi connectivity index (χ2v) is 7.77. The molecular formula is C24H28N2O5. The summed E-state index contributed by atoms with van der Waals surface area (Å²) in [5.74, 6) is -1.77. The molecule has 2 aromatic carbocycles. The van der Waals surface area contributed by atoms with E-state index in [0.717, 1.165) is 22.3 Å². The van der Waals surface area contributed by atoms with E-state index in [4.69, 9.17) is 9.84 Å². The second kappa shape index (κ2) is 9.20. The van der Waals surface area contributed by atoms with Crippen molar-refractivity contribution in [1.29, 1.82) is 0 Å². The highest BCUT2D eigenvalue weighted by Crippen LogP contribution is 2.44. The minimum Gasteiger partial charge on any atom is -0.480 e. The molecule has 0 saturated carbocycles. The van der Waals surface area contributed by atoms with Gasteiger partial charge in [0, 0.05) is 5.92 Å². The summed E-state index contributed by atoms with van der Waals surface area (Å²) in [7, 11) is 0. The highest BCUT2D eigenvalue weighted by atomic mass is 16.5. The van der Waals surface area contributed by atoms with E-state index in [2.05, 4.69) is 22.8 Å². The minimum absolute atomic E-state index is 0.0864. The quantitative estimate of drug-likeness (QED) is 0.600. The molecule has 1 aliphatic rings. The van der Waals surface area contributed by atoms with Gasteiger partial charge in [-0.15, -0.1) is 0 Å². The lowest BCUT2D eigenvalue weighted by Gasteiger charge is -2.31. The van der Waals surface area contributed by atoms with Crippen LogP contribution in [0.15, 0.2) is 48.5 Å². The fraction of sp³-hybridized carbons (Fsp3) is 0.375. The van der Waals surface area contributed by atoms with E-state index in [9.17, 15) is 14.4 Å². The van der Waals surface area contributed by atoms with Crippen molar-refractivity contribution in [2.75, 3.05) is 6.61 Å². The maximum absolute atomic E-state index is 12.7. The normalized spacial score (nSPS) is 13.6. The van der Waals surface area contributed by atoms with Crippen LogP contribution in [-0.4, -0.2) is 41.3 Å². The van der Waals surface area contributed by atoms with Gasteiger partial charge in [-0.25, -0.2) is 4.79 Å². The van der Waals surface area contributed by atoms with Gasteiger partial charge in [0.15, 0.2) is 0 Å². The number of carboxylic acids is 1. The van der Waals surface area contributed by atoms with Crippen LogP contribution >= 0.6 is 0 Å². The number of fused-ring (bicyclic) bond motifs is 3. The first kappa shape index (κ1) is 22.3. The number of carbonyl (C=O) groups is 3. The lowest BCUT2D eigenvalue weighted by molar-refractivity contribution is -0.142. The Labute approximate surface area is 181 Å². The zero-order chi connectivity index (χ0) is 22.6. The Kier molecular flexibility index (Phi) is 6.63. The Hall–Kier alpha value is -3.35. The first-order valence-electron chi connectivity index (χ1n) is 10.5. The van der Waals surface area contributed by atoms with Crippen LogP contribution < -0.4 is 10.6 Å². The van der Waals surface area contributed by atoms with Crippen molar-refractivity contribution in [1.82, 2.24) is 10.6 Å². The molecule has 0 heterocycles. The van der Waals surface area contributed by atoms with E-state index >= 15 is 0 Å². The molecule has 0 fully saturated rings. The molecule has 0 radical (unpaired) electrons. The standard InChI is InChI=1S/C24H28N2O5/c1-4-24(5-2,22(29)25-15(3)21(27)28)26-23(30)31-14-20-18-12-8-6-10-16(18)17-11-7-9-13-19(17)20/h6-13,15,20H,4-5,14H2,1-3H3,(H,25,29)(H,26,30)(H,27,28). The molecule has 0 spiro atoms. The average Bonchev–Trinajstić information content (AvgIpc) is 3.09. The molecule has 7 nitrogen and oxygen atoms in total. The first-order chi connectivity index (χ1) is 14.8. The molecule has 164 valence electrons. The van der Waals surface area contributed by atoms with Gasteiger partial charge in [0.2, 0.25) is 5.91 Å². The summed E-state index contributed by atoms with van der Waals surface area (Å²) in [6, 6.07) is 15.0. The van der Waals surface area contributed by atoms with E-state index in [-0.39, 0.29) is 12.5 Å². The molecule has 1 atom stereocenters. The van der Waals surface area contributed by atoms with Gasteiger partial charge in [-0.1, -0.05) is 62.4 Å². The molecule has 31 heavy (non-hydrogen) atoms. The third-order valence-electron chi connectivity index (χ3n) is 6.04. The number of nitrogens with one attached hydrogen (secondary N) is 2. The van der Waals surface area contributed by atoms with Crippen molar-refractivity contribution in [2.24, 2.45) is 0 Å². The molecule has 1 aliphatic carbocycles. The molecule has 7 heteroatoms. The third kappa shape index (κ3) is 4.40. The predicted molar refractivity (Wildman–Crippen MR) is 117 cm³/mol. The summed E-state index contributed by atoms with van der Waals surface area (Å²) >= 11 is 0. The Balaban J connectivity index is 1.71. The van der Waals surface area contributed by atoms with Crippen LogP contribution in [0.25, 0.3) is 11.1 Å². The fourth-order valence-electron chi connectivity index (χ4n) is 4.03. The van der Waals surface area contributed by atoms with Crippen LogP contribution in [-0.2, 0) is 14.3 Å². The molecule has 0 aliphatic heterocycles. The van der Waals surface area contributed by atoms with Gasteiger partial charge in [0.05, 0.1) is 0 Å². The number of benzene rings is 2. The van der Waals surface area contributed by atoms with Gasteiger partial charge >= 0.3 is 12.1 Å². The molecular weight excluding hydrogens is 396 g/mol. The van der Waals surface area contributed by atoms with Crippen molar-refractivity contribution in [3.8, 4) is 11.1 Å². The lowest BCUT2D eigenvalue weighted by atomic mass is 9.91. The van der Waals surface area contributed by atoms with E-state index in [1.807, 2.05) is 36.4 Å². The Bertz CT molecular complexity index is 938. The number of amides is 2. The van der Waals surface area contributed by atoms with E-state index in [0.29, 0.717) is 12.8 Å². The van der Waals surface area contributed by atoms with Crippen molar-refractivity contribution in [3.63, 3.8) is 0 Å². The highest BCUT2D eigenvalue weighted by Gasteiger charge is 2.39. The van der Waals surface area contributed by atoms with Crippen molar-refractivity contribution in [3.05, 3.63) is 59.7 Å². The van der Waals surface area contributed by atoms with Crippen molar-refractivity contribution >= 4 is 18.0 Å². The Morgan fingerprint density at radius 3 is 2.00 bits per heavy atom. The summed E-state index contributed by atoms with van der Waals surface area (Å²) in [6.07, 6.45) is -0.110. The number of carboxylic acid groups (broad SMARTS) is 1. The van der Waals surface area contributed by atoms with Crippen LogP contribution in [0.2, 0.25) is 0 Å². The number of alkyl carbamates (subject to hydrolysis) is 1. The number of aliphatic carboxylic acids is 1. The van der Waals surface area contributed by atoms with Crippen molar-refractivity contribution in [2.45, 2.75) is 51.1 Å². The van der Waals surface area contributed by atoms with Crippen molar-refractivity contribution < 1.29 is 24.2 Å². The second-order valence-electron chi connectivity index (χ2n) is 7.77. The summed E-state index contributed by atoms with van der Waals surface area (Å²) in [5.41, 5.74) is 3.21. The van der Waals surface area contributed by atoms with Crippen LogP contribution in [0.4, 0.5) is 4.79 Å². The molecule has 2 amide bonds. The SMILES string of the molecule is CCC(CC)(NC(=O)OCC1c2ccccc2-c2ccccc21)C(=O)NC(C)C(=O)O. The highest BCUT2D eigenvalue weighted by molar-refractivity contribution is 5.92. The number of ether oxygens (including phenoxy) is 1. The van der Waals surface area contributed by atoms with Crippen LogP contribution in [0.5, 0.6) is 0 Å². The van der Waals surface area contributed by atoms with E-state index < -0.39 is 29.6 Å². The Morgan fingerprint density at radius 2 is 1.52 bits per heavy atom. The zero-order valence-corrected chi connectivity index (χ0v) is 18.0. The van der Waals surface area contributed by atoms with E-state index in [1.54, 1.807) is 13.8 Å². The van der Waals surface area contributed by atoms with Gasteiger partial charge in [-0.05, 0) is 42.0 Å². The average molecular weight is 424 g/mol. The smallest absolute Gasteiger partial charge is 0.408 e. The molecule has 0 saturated heterocycles. The molecule has 3 rings (SSSR count). The molecule has 0 aromatic heterocycles. The largest absolute Gasteiger partial charge is 0.480 e. The van der Waals surface area contributed by atoms with Crippen LogP contribution in [0.3, 0.4) is 0 Å². The minimum atomic E-state index is -1.24. The monoisotopic (exact) mass is 424 g/mol. The fourth-order valence-corrected chi connectivity index (χ4v) is 4.03. The van der Waals surface area contributed by atoms with Gasteiger partial charge in [-0.3, -0.25) is 9.59 Å². The van der Waals surface area contributed by atoms with E-state index in [1.165, 1.54) is 6.92 Å². The summed E-state index contributed by atoms with van der Waals surface area (Å²) in [5, 5.41) is 14.2.